The Bertz CT molecular complexity index is 1010. The number of nitro groups is 1. The number of nitrogens with zero attached hydrogens (tertiary/aromatic N) is 2. The summed E-state index contributed by atoms with van der Waals surface area (Å²) < 4.78 is 11.2. The Labute approximate surface area is 173 Å². The molecule has 28 heavy (non-hydrogen) atoms. The Morgan fingerprint density at radius 2 is 2.04 bits per heavy atom. The highest BCUT2D eigenvalue weighted by molar-refractivity contribution is 14.1. The molecule has 0 saturated heterocycles. The van der Waals surface area contributed by atoms with Crippen molar-refractivity contribution in [2.75, 3.05) is 19.5 Å². The molecular weight excluding hydrogens is 481 g/mol. The number of ether oxygens (including phenoxy) is 2. The van der Waals surface area contributed by atoms with Crippen LogP contribution in [0.5, 0.6) is 17.2 Å². The van der Waals surface area contributed by atoms with Gasteiger partial charge in [-0.1, -0.05) is 0 Å². The second-order valence-corrected chi connectivity index (χ2v) is 6.48. The Morgan fingerprint density at radius 3 is 2.57 bits per heavy atom. The summed E-state index contributed by atoms with van der Waals surface area (Å²) in [4.78, 5) is 22.4. The van der Waals surface area contributed by atoms with Gasteiger partial charge in [-0.15, -0.1) is 0 Å². The molecule has 0 atom stereocenters. The van der Waals surface area contributed by atoms with Crippen LogP contribution in [0, 0.1) is 25.0 Å². The first kappa shape index (κ1) is 21.0. The van der Waals surface area contributed by atoms with E-state index in [4.69, 9.17) is 9.47 Å². The van der Waals surface area contributed by atoms with E-state index < -0.39 is 16.6 Å². The normalized spacial score (nSPS) is 10.7. The first-order valence-corrected chi connectivity index (χ1v) is 8.70. The van der Waals surface area contributed by atoms with E-state index in [1.807, 2.05) is 22.6 Å². The molecule has 0 fully saturated rings. The molecule has 1 amide bonds. The number of aromatic hydroxyl groups is 1. The monoisotopic (exact) mass is 495 g/mol. The molecule has 0 radical (unpaired) electrons. The lowest BCUT2D eigenvalue weighted by Crippen LogP contribution is -2.13. The molecule has 0 spiro atoms. The van der Waals surface area contributed by atoms with Crippen molar-refractivity contribution < 1.29 is 24.3 Å². The maximum atomic E-state index is 12.4. The number of methoxy groups -OCH3 is 2. The standard InChI is InChI=1S/C18H14IN3O6/c1-27-16-7-10(6-13(19)17(16)28-2)5-11(9-20)18(24)21-14-4-3-12(22(25)26)8-15(14)23/h3-8,23H,1-2H3,(H,21,24)/b11-5+. The third kappa shape index (κ3) is 4.68. The van der Waals surface area contributed by atoms with E-state index in [-0.39, 0.29) is 16.9 Å². The fourth-order valence-corrected chi connectivity index (χ4v) is 3.11. The van der Waals surface area contributed by atoms with Gasteiger partial charge in [0.2, 0.25) is 0 Å². The Morgan fingerprint density at radius 1 is 1.32 bits per heavy atom. The number of nitrogens with one attached hydrogen (secondary N) is 1. The van der Waals surface area contributed by atoms with Crippen molar-refractivity contribution in [3.05, 3.63) is 55.2 Å². The summed E-state index contributed by atoms with van der Waals surface area (Å²) in [6.45, 7) is 0. The van der Waals surface area contributed by atoms with Crippen LogP contribution in [0.1, 0.15) is 5.56 Å². The average Bonchev–Trinajstić information content (AvgIpc) is 2.66. The van der Waals surface area contributed by atoms with Gasteiger partial charge in [0.1, 0.15) is 17.4 Å². The number of non-ortho nitro benzene ring substituents is 1. The van der Waals surface area contributed by atoms with E-state index in [0.717, 1.165) is 15.7 Å². The molecule has 2 N–H and O–H groups in total. The number of amides is 1. The number of carbonyl (C=O) groups excluding carboxylic acids is 1. The Hall–Kier alpha value is -3.33. The number of benzene rings is 2. The van der Waals surface area contributed by atoms with Crippen molar-refractivity contribution in [3.8, 4) is 23.3 Å². The van der Waals surface area contributed by atoms with E-state index in [1.54, 1.807) is 18.2 Å². The van der Waals surface area contributed by atoms with E-state index >= 15 is 0 Å². The number of hydrogen-bond acceptors (Lipinski definition) is 7. The van der Waals surface area contributed by atoms with E-state index in [9.17, 15) is 25.3 Å². The Kier molecular flexibility index (Phi) is 6.78. The predicted octanol–water partition coefficient (Wildman–Crippen LogP) is 3.47. The molecule has 9 nitrogen and oxygen atoms in total. The van der Waals surface area contributed by atoms with Gasteiger partial charge in [-0.2, -0.15) is 5.26 Å². The topological polar surface area (TPSA) is 135 Å². The van der Waals surface area contributed by atoms with Gasteiger partial charge < -0.3 is 19.9 Å². The average molecular weight is 495 g/mol. The number of halogens is 1. The quantitative estimate of drug-likeness (QED) is 0.157. The maximum absolute atomic E-state index is 12.4. The van der Waals surface area contributed by atoms with Gasteiger partial charge in [0, 0.05) is 6.07 Å². The number of rotatable bonds is 6. The Balaban J connectivity index is 2.33. The molecule has 0 aliphatic heterocycles. The van der Waals surface area contributed by atoms with Crippen LogP contribution in [-0.4, -0.2) is 30.2 Å². The molecular formula is C18H14IN3O6. The lowest BCUT2D eigenvalue weighted by Gasteiger charge is -2.11. The lowest BCUT2D eigenvalue weighted by molar-refractivity contribution is -0.384. The van der Waals surface area contributed by atoms with Gasteiger partial charge in [0.15, 0.2) is 11.5 Å². The van der Waals surface area contributed by atoms with E-state index in [1.165, 1.54) is 26.4 Å². The van der Waals surface area contributed by atoms with Crippen LogP contribution in [0.2, 0.25) is 0 Å². The minimum Gasteiger partial charge on any atom is -0.506 e. The number of carbonyl (C=O) groups is 1. The SMILES string of the molecule is COc1cc(/C=C(\C#N)C(=O)Nc2ccc([N+](=O)[O-])cc2O)cc(I)c1OC. The molecule has 2 rings (SSSR count). The molecule has 2 aromatic rings. The van der Waals surface area contributed by atoms with Crippen molar-refractivity contribution in [1.82, 2.24) is 0 Å². The van der Waals surface area contributed by atoms with Gasteiger partial charge in [0.05, 0.1) is 34.5 Å². The summed E-state index contributed by atoms with van der Waals surface area (Å²) in [6, 6.07) is 8.31. The predicted molar refractivity (Wildman–Crippen MR) is 109 cm³/mol. The van der Waals surface area contributed by atoms with Gasteiger partial charge in [-0.3, -0.25) is 14.9 Å². The van der Waals surface area contributed by atoms with Gasteiger partial charge in [-0.25, -0.2) is 0 Å². The molecule has 0 saturated carbocycles. The minimum absolute atomic E-state index is 0.0568. The fraction of sp³-hybridized carbons (Fsp3) is 0.111. The fourth-order valence-electron chi connectivity index (χ4n) is 2.27. The third-order valence-electron chi connectivity index (χ3n) is 3.57. The van der Waals surface area contributed by atoms with Crippen LogP contribution in [-0.2, 0) is 4.79 Å². The maximum Gasteiger partial charge on any atom is 0.273 e. The van der Waals surface area contributed by atoms with Crippen LogP contribution >= 0.6 is 22.6 Å². The van der Waals surface area contributed by atoms with Crippen molar-refractivity contribution in [2.24, 2.45) is 0 Å². The van der Waals surface area contributed by atoms with Gasteiger partial charge in [-0.05, 0) is 52.4 Å². The highest BCUT2D eigenvalue weighted by Crippen LogP contribution is 2.34. The van der Waals surface area contributed by atoms with Crippen molar-refractivity contribution in [2.45, 2.75) is 0 Å². The van der Waals surface area contributed by atoms with E-state index in [0.29, 0.717) is 17.1 Å². The van der Waals surface area contributed by atoms with Crippen molar-refractivity contribution in [3.63, 3.8) is 0 Å². The largest absolute Gasteiger partial charge is 0.506 e. The summed E-state index contributed by atoms with van der Waals surface area (Å²) in [5, 5.41) is 32.2. The number of anilines is 1. The van der Waals surface area contributed by atoms with Crippen LogP contribution in [0.25, 0.3) is 6.08 Å². The molecule has 0 aromatic heterocycles. The summed E-state index contributed by atoms with van der Waals surface area (Å²) in [5.41, 5.74) is -0.0902. The zero-order chi connectivity index (χ0) is 20.8. The van der Waals surface area contributed by atoms with Crippen molar-refractivity contribution in [1.29, 1.82) is 5.26 Å². The number of hydrogen-bond donors (Lipinski definition) is 2. The second-order valence-electron chi connectivity index (χ2n) is 5.32. The van der Waals surface area contributed by atoms with Crippen LogP contribution in [0.4, 0.5) is 11.4 Å². The van der Waals surface area contributed by atoms with Crippen LogP contribution in [0.15, 0.2) is 35.9 Å². The summed E-state index contributed by atoms with van der Waals surface area (Å²) in [6.07, 6.45) is 1.35. The summed E-state index contributed by atoms with van der Waals surface area (Å²) >= 11 is 2.04. The number of phenols is 1. The molecule has 0 bridgehead atoms. The zero-order valence-corrected chi connectivity index (χ0v) is 16.9. The molecule has 10 heteroatoms. The molecule has 2 aromatic carbocycles. The van der Waals surface area contributed by atoms with Gasteiger partial charge in [0.25, 0.3) is 11.6 Å². The van der Waals surface area contributed by atoms with Crippen molar-refractivity contribution >= 4 is 45.9 Å². The first-order valence-electron chi connectivity index (χ1n) is 7.62. The molecule has 0 aliphatic carbocycles. The minimum atomic E-state index is -0.781. The third-order valence-corrected chi connectivity index (χ3v) is 4.37. The highest BCUT2D eigenvalue weighted by Gasteiger charge is 2.16. The smallest absolute Gasteiger partial charge is 0.273 e. The molecule has 0 heterocycles. The first-order chi connectivity index (χ1) is 13.3. The molecule has 144 valence electrons. The number of nitro benzene ring substituents is 1. The number of phenolic OH excluding ortho intramolecular Hbond substituents is 1. The van der Waals surface area contributed by atoms with Gasteiger partial charge >= 0.3 is 0 Å². The number of nitriles is 1. The second kappa shape index (κ2) is 9.05. The zero-order valence-electron chi connectivity index (χ0n) is 14.7. The summed E-state index contributed by atoms with van der Waals surface area (Å²) in [5.74, 6) is -0.303. The summed E-state index contributed by atoms with van der Waals surface area (Å²) in [7, 11) is 2.97. The van der Waals surface area contributed by atoms with Crippen LogP contribution in [0.3, 0.4) is 0 Å². The lowest BCUT2D eigenvalue weighted by atomic mass is 10.1. The highest BCUT2D eigenvalue weighted by atomic mass is 127. The van der Waals surface area contributed by atoms with Crippen LogP contribution < -0.4 is 14.8 Å². The molecule has 0 aliphatic rings. The molecule has 0 unspecified atom stereocenters. The van der Waals surface area contributed by atoms with E-state index in [2.05, 4.69) is 5.32 Å².